The minimum Gasteiger partial charge on any atom is -0.348 e. The van der Waals surface area contributed by atoms with Crippen molar-refractivity contribution in [3.63, 3.8) is 0 Å². The predicted molar refractivity (Wildman–Crippen MR) is 83.3 cm³/mol. The molecule has 2 aromatic rings. The van der Waals surface area contributed by atoms with Gasteiger partial charge in [-0.05, 0) is 29.2 Å². The molecule has 0 bridgehead atoms. The number of benzene rings is 2. The van der Waals surface area contributed by atoms with Gasteiger partial charge in [0.2, 0.25) is 5.91 Å². The van der Waals surface area contributed by atoms with Gasteiger partial charge in [0.25, 0.3) is 0 Å². The Balaban J connectivity index is 2.24. The van der Waals surface area contributed by atoms with Crippen molar-refractivity contribution in [3.8, 4) is 0 Å². The van der Waals surface area contributed by atoms with Crippen LogP contribution in [0.3, 0.4) is 0 Å². The third kappa shape index (κ3) is 2.99. The van der Waals surface area contributed by atoms with E-state index in [-0.39, 0.29) is 17.9 Å². The fourth-order valence-electron chi connectivity index (χ4n) is 2.32. The number of nitrogens with one attached hydrogen (secondary N) is 1. The molecule has 2 aromatic carbocycles. The molecule has 20 heavy (non-hydrogen) atoms. The molecule has 0 aromatic heterocycles. The summed E-state index contributed by atoms with van der Waals surface area (Å²) in [5, 5.41) is 5.35. The minimum atomic E-state index is -0.465. The molecule has 2 atom stereocenters. The fraction of sp³-hybridized carbons (Fsp3) is 0.353. The molecule has 106 valence electrons. The van der Waals surface area contributed by atoms with E-state index in [1.165, 1.54) is 10.8 Å². The predicted octanol–water partition coefficient (Wildman–Crippen LogP) is 3.00. The van der Waals surface area contributed by atoms with E-state index in [4.69, 9.17) is 5.73 Å². The Hall–Kier alpha value is -1.87. The van der Waals surface area contributed by atoms with Crippen LogP contribution in [0.15, 0.2) is 42.5 Å². The Morgan fingerprint density at radius 3 is 2.40 bits per heavy atom. The van der Waals surface area contributed by atoms with E-state index in [1.54, 1.807) is 0 Å². The summed E-state index contributed by atoms with van der Waals surface area (Å²) in [6.45, 7) is 5.90. The molecule has 0 heterocycles. The smallest absolute Gasteiger partial charge is 0.237 e. The first-order chi connectivity index (χ1) is 9.50. The highest BCUT2D eigenvalue weighted by Gasteiger charge is 2.20. The monoisotopic (exact) mass is 270 g/mol. The third-order valence-electron chi connectivity index (χ3n) is 3.67. The summed E-state index contributed by atoms with van der Waals surface area (Å²) in [6, 6.07) is 13.8. The van der Waals surface area contributed by atoms with Crippen LogP contribution in [0.2, 0.25) is 0 Å². The quantitative estimate of drug-likeness (QED) is 0.897. The number of nitrogens with two attached hydrogens (primary N) is 1. The molecule has 0 aliphatic rings. The second-order valence-corrected chi connectivity index (χ2v) is 5.57. The summed E-state index contributed by atoms with van der Waals surface area (Å²) in [5.41, 5.74) is 7.00. The summed E-state index contributed by atoms with van der Waals surface area (Å²) in [4.78, 5) is 12.1. The maximum absolute atomic E-state index is 12.1. The molecule has 0 aliphatic carbocycles. The molecule has 3 heteroatoms. The van der Waals surface area contributed by atoms with Gasteiger partial charge in [0, 0.05) is 0 Å². The highest BCUT2D eigenvalue weighted by atomic mass is 16.2. The molecule has 1 amide bonds. The van der Waals surface area contributed by atoms with Crippen molar-refractivity contribution in [2.75, 3.05) is 0 Å². The molecular formula is C17H22N2O. The molecule has 0 aliphatic heterocycles. The second-order valence-electron chi connectivity index (χ2n) is 5.57. The number of hydrogen-bond donors (Lipinski definition) is 2. The Labute approximate surface area is 120 Å². The zero-order valence-electron chi connectivity index (χ0n) is 12.3. The Kier molecular flexibility index (Phi) is 4.40. The standard InChI is InChI=1S/C17H22N2O/c1-11(2)16(18)17(20)19-12(3)14-10-6-8-13-7-4-5-9-15(13)14/h4-12,16H,18H2,1-3H3,(H,19,20). The lowest BCUT2D eigenvalue weighted by atomic mass is 9.98. The lowest BCUT2D eigenvalue weighted by Crippen LogP contribution is -2.44. The molecule has 0 saturated heterocycles. The van der Waals surface area contributed by atoms with Gasteiger partial charge in [-0.2, -0.15) is 0 Å². The van der Waals surface area contributed by atoms with Gasteiger partial charge in [0.1, 0.15) is 0 Å². The van der Waals surface area contributed by atoms with Gasteiger partial charge in [-0.3, -0.25) is 4.79 Å². The molecule has 0 spiro atoms. The molecule has 0 radical (unpaired) electrons. The van der Waals surface area contributed by atoms with E-state index < -0.39 is 6.04 Å². The molecule has 3 nitrogen and oxygen atoms in total. The van der Waals surface area contributed by atoms with Crippen molar-refractivity contribution in [3.05, 3.63) is 48.0 Å². The highest BCUT2D eigenvalue weighted by molar-refractivity contribution is 5.87. The van der Waals surface area contributed by atoms with Gasteiger partial charge >= 0.3 is 0 Å². The second kappa shape index (κ2) is 6.06. The van der Waals surface area contributed by atoms with E-state index in [0.717, 1.165) is 5.56 Å². The molecule has 0 saturated carbocycles. The maximum Gasteiger partial charge on any atom is 0.237 e. The van der Waals surface area contributed by atoms with Crippen molar-refractivity contribution in [2.24, 2.45) is 11.7 Å². The van der Waals surface area contributed by atoms with Crippen LogP contribution in [0, 0.1) is 5.92 Å². The highest BCUT2D eigenvalue weighted by Crippen LogP contribution is 2.24. The average Bonchev–Trinajstić information content (AvgIpc) is 2.45. The fourth-order valence-corrected chi connectivity index (χ4v) is 2.32. The van der Waals surface area contributed by atoms with Crippen LogP contribution < -0.4 is 11.1 Å². The Morgan fingerprint density at radius 2 is 1.70 bits per heavy atom. The summed E-state index contributed by atoms with van der Waals surface area (Å²) in [7, 11) is 0. The normalized spacial score (nSPS) is 14.2. The van der Waals surface area contributed by atoms with Gasteiger partial charge in [-0.15, -0.1) is 0 Å². The zero-order chi connectivity index (χ0) is 14.7. The average molecular weight is 270 g/mol. The summed E-state index contributed by atoms with van der Waals surface area (Å²) < 4.78 is 0. The number of rotatable bonds is 4. The van der Waals surface area contributed by atoms with E-state index in [0.29, 0.717) is 0 Å². The van der Waals surface area contributed by atoms with Gasteiger partial charge < -0.3 is 11.1 Å². The van der Waals surface area contributed by atoms with Crippen LogP contribution in [0.4, 0.5) is 0 Å². The van der Waals surface area contributed by atoms with Gasteiger partial charge in [-0.1, -0.05) is 56.3 Å². The first-order valence-electron chi connectivity index (χ1n) is 7.04. The first kappa shape index (κ1) is 14.5. The molecule has 0 fully saturated rings. The van der Waals surface area contributed by atoms with Crippen molar-refractivity contribution in [1.29, 1.82) is 0 Å². The van der Waals surface area contributed by atoms with Gasteiger partial charge in [0.05, 0.1) is 12.1 Å². The lowest BCUT2D eigenvalue weighted by Gasteiger charge is -2.21. The summed E-state index contributed by atoms with van der Waals surface area (Å²) in [5.74, 6) is 0.0372. The number of carbonyl (C=O) groups is 1. The topological polar surface area (TPSA) is 55.1 Å². The summed E-state index contributed by atoms with van der Waals surface area (Å²) >= 11 is 0. The van der Waals surface area contributed by atoms with E-state index in [9.17, 15) is 4.79 Å². The zero-order valence-corrected chi connectivity index (χ0v) is 12.3. The minimum absolute atomic E-state index is 0.0570. The lowest BCUT2D eigenvalue weighted by molar-refractivity contribution is -0.123. The number of hydrogen-bond acceptors (Lipinski definition) is 2. The van der Waals surface area contributed by atoms with E-state index >= 15 is 0 Å². The van der Waals surface area contributed by atoms with Crippen LogP contribution in [-0.2, 0) is 4.79 Å². The molecular weight excluding hydrogens is 248 g/mol. The molecule has 3 N–H and O–H groups in total. The number of carbonyl (C=O) groups excluding carboxylic acids is 1. The third-order valence-corrected chi connectivity index (χ3v) is 3.67. The van der Waals surface area contributed by atoms with E-state index in [2.05, 4.69) is 23.5 Å². The maximum atomic E-state index is 12.1. The Bertz CT molecular complexity index is 601. The van der Waals surface area contributed by atoms with Crippen LogP contribution >= 0.6 is 0 Å². The largest absolute Gasteiger partial charge is 0.348 e. The van der Waals surface area contributed by atoms with Crippen LogP contribution in [0.1, 0.15) is 32.4 Å². The van der Waals surface area contributed by atoms with Crippen molar-refractivity contribution >= 4 is 16.7 Å². The van der Waals surface area contributed by atoms with Gasteiger partial charge in [-0.25, -0.2) is 0 Å². The van der Waals surface area contributed by atoms with Crippen LogP contribution in [0.5, 0.6) is 0 Å². The van der Waals surface area contributed by atoms with E-state index in [1.807, 2.05) is 45.0 Å². The Morgan fingerprint density at radius 1 is 1.05 bits per heavy atom. The van der Waals surface area contributed by atoms with Crippen molar-refractivity contribution in [2.45, 2.75) is 32.9 Å². The molecule has 2 rings (SSSR count). The number of amides is 1. The molecule has 2 unspecified atom stereocenters. The first-order valence-corrected chi connectivity index (χ1v) is 7.04. The van der Waals surface area contributed by atoms with Crippen molar-refractivity contribution in [1.82, 2.24) is 5.32 Å². The van der Waals surface area contributed by atoms with Crippen molar-refractivity contribution < 1.29 is 4.79 Å². The van der Waals surface area contributed by atoms with Gasteiger partial charge in [0.15, 0.2) is 0 Å². The SMILES string of the molecule is CC(NC(=O)C(N)C(C)C)c1cccc2ccccc12. The summed E-state index contributed by atoms with van der Waals surface area (Å²) in [6.07, 6.45) is 0. The number of fused-ring (bicyclic) bond motifs is 1. The van der Waals surface area contributed by atoms with Crippen LogP contribution in [0.25, 0.3) is 10.8 Å². The van der Waals surface area contributed by atoms with Crippen LogP contribution in [-0.4, -0.2) is 11.9 Å².